The summed E-state index contributed by atoms with van der Waals surface area (Å²) in [4.78, 5) is 7.19. The van der Waals surface area contributed by atoms with Gasteiger partial charge in [0, 0.05) is 40.4 Å². The summed E-state index contributed by atoms with van der Waals surface area (Å²) in [6.07, 6.45) is 10.6. The van der Waals surface area contributed by atoms with Crippen LogP contribution in [0, 0.1) is 5.41 Å². The summed E-state index contributed by atoms with van der Waals surface area (Å²) in [5.74, 6) is 1.04. The fourth-order valence-corrected chi connectivity index (χ4v) is 3.22. The first-order chi connectivity index (χ1) is 10.7. The smallest absolute Gasteiger partial charge is 0.193 e. The van der Waals surface area contributed by atoms with Crippen LogP contribution in [0.3, 0.4) is 0 Å². The van der Waals surface area contributed by atoms with Gasteiger partial charge in [-0.25, -0.2) is 0 Å². The molecule has 0 heterocycles. The van der Waals surface area contributed by atoms with E-state index in [9.17, 15) is 0 Å². The maximum Gasteiger partial charge on any atom is 0.193 e. The van der Waals surface area contributed by atoms with Crippen LogP contribution in [0.25, 0.3) is 0 Å². The summed E-state index contributed by atoms with van der Waals surface area (Å²) in [7, 11) is 3.92. The molecule has 1 N–H and O–H groups in total. The van der Waals surface area contributed by atoms with E-state index in [1.807, 2.05) is 6.08 Å². The van der Waals surface area contributed by atoms with E-state index in [1.54, 1.807) is 7.11 Å². The largest absolute Gasteiger partial charge is 0.385 e. The van der Waals surface area contributed by atoms with E-state index in [4.69, 9.17) is 9.73 Å². The number of hydrogen-bond donors (Lipinski definition) is 1. The molecule has 0 amide bonds. The number of halogens is 1. The van der Waals surface area contributed by atoms with Crippen molar-refractivity contribution in [3.8, 4) is 0 Å². The van der Waals surface area contributed by atoms with E-state index < -0.39 is 0 Å². The molecular formula is C18H36IN3O. The highest BCUT2D eigenvalue weighted by Gasteiger charge is 2.33. The predicted octanol–water partition coefficient (Wildman–Crippen LogP) is 4.06. The van der Waals surface area contributed by atoms with Crippen LogP contribution in [-0.2, 0) is 4.74 Å². The van der Waals surface area contributed by atoms with Gasteiger partial charge in [-0.1, -0.05) is 18.9 Å². The van der Waals surface area contributed by atoms with Gasteiger partial charge in [0.25, 0.3) is 0 Å². The van der Waals surface area contributed by atoms with Crippen LogP contribution < -0.4 is 5.32 Å². The monoisotopic (exact) mass is 437 g/mol. The quantitative estimate of drug-likeness (QED) is 0.184. The average molecular weight is 437 g/mol. The standard InChI is InChI=1S/C18H35N3O.HI/c1-5-7-10-14-21(3)17(19-6-2)20-16-18(13-15-22-4)11-8-9-12-18;/h5H,1,6-16H2,2-4H3,(H,19,20);1H. The fraction of sp³-hybridized carbons (Fsp3) is 0.833. The lowest BCUT2D eigenvalue weighted by Gasteiger charge is -2.29. The van der Waals surface area contributed by atoms with Crippen LogP contribution in [0.1, 0.15) is 51.9 Å². The summed E-state index contributed by atoms with van der Waals surface area (Å²) in [6.45, 7) is 9.62. The van der Waals surface area contributed by atoms with Crippen molar-refractivity contribution in [2.75, 3.05) is 40.4 Å². The van der Waals surface area contributed by atoms with E-state index in [0.29, 0.717) is 5.41 Å². The molecule has 23 heavy (non-hydrogen) atoms. The highest BCUT2D eigenvalue weighted by atomic mass is 127. The van der Waals surface area contributed by atoms with Gasteiger partial charge in [-0.05, 0) is 44.4 Å². The number of ether oxygens (including phenoxy) is 1. The van der Waals surface area contributed by atoms with E-state index in [0.717, 1.165) is 51.5 Å². The highest BCUT2D eigenvalue weighted by Crippen LogP contribution is 2.41. The van der Waals surface area contributed by atoms with E-state index >= 15 is 0 Å². The van der Waals surface area contributed by atoms with Crippen LogP contribution in [0.15, 0.2) is 17.6 Å². The Bertz CT molecular complexity index is 341. The third kappa shape index (κ3) is 8.38. The minimum Gasteiger partial charge on any atom is -0.385 e. The van der Waals surface area contributed by atoms with Gasteiger partial charge in [0.1, 0.15) is 0 Å². The Balaban J connectivity index is 0.00000484. The van der Waals surface area contributed by atoms with Gasteiger partial charge >= 0.3 is 0 Å². The zero-order valence-electron chi connectivity index (χ0n) is 15.3. The van der Waals surface area contributed by atoms with Crippen LogP contribution in [0.2, 0.25) is 0 Å². The second kappa shape index (κ2) is 13.0. The molecule has 1 aliphatic rings. The number of hydrogen-bond acceptors (Lipinski definition) is 2. The molecule has 0 unspecified atom stereocenters. The number of allylic oxidation sites excluding steroid dienone is 1. The van der Waals surface area contributed by atoms with E-state index in [1.165, 1.54) is 25.7 Å². The molecule has 0 spiro atoms. The van der Waals surface area contributed by atoms with E-state index in [-0.39, 0.29) is 24.0 Å². The first-order valence-corrected chi connectivity index (χ1v) is 8.77. The van der Waals surface area contributed by atoms with E-state index in [2.05, 4.69) is 30.8 Å². The maximum atomic E-state index is 5.31. The number of rotatable bonds is 10. The summed E-state index contributed by atoms with van der Waals surface area (Å²) >= 11 is 0. The van der Waals surface area contributed by atoms with Crippen molar-refractivity contribution in [1.29, 1.82) is 0 Å². The Kier molecular flexibility index (Phi) is 12.9. The number of methoxy groups -OCH3 is 1. The molecule has 5 heteroatoms. The Labute approximate surface area is 160 Å². The van der Waals surface area contributed by atoms with Gasteiger partial charge in [0.15, 0.2) is 5.96 Å². The van der Waals surface area contributed by atoms with Gasteiger partial charge in [-0.2, -0.15) is 0 Å². The van der Waals surface area contributed by atoms with Crippen LogP contribution in [-0.4, -0.2) is 51.3 Å². The zero-order chi connectivity index (χ0) is 16.3. The Morgan fingerprint density at radius 3 is 2.65 bits per heavy atom. The average Bonchev–Trinajstić information content (AvgIpc) is 2.99. The number of nitrogens with one attached hydrogen (secondary N) is 1. The molecule has 1 saturated carbocycles. The van der Waals surface area contributed by atoms with Crippen molar-refractivity contribution in [3.63, 3.8) is 0 Å². The van der Waals surface area contributed by atoms with Gasteiger partial charge < -0.3 is 15.0 Å². The minimum atomic E-state index is 0. The van der Waals surface area contributed by atoms with Crippen LogP contribution in [0.5, 0.6) is 0 Å². The lowest BCUT2D eigenvalue weighted by molar-refractivity contribution is 0.141. The molecule has 0 aromatic heterocycles. The second-order valence-corrected chi connectivity index (χ2v) is 6.47. The van der Waals surface area contributed by atoms with Crippen molar-refractivity contribution < 1.29 is 4.74 Å². The Morgan fingerprint density at radius 2 is 2.09 bits per heavy atom. The molecule has 136 valence electrons. The van der Waals surface area contributed by atoms with Gasteiger partial charge in [0.05, 0.1) is 0 Å². The summed E-state index contributed by atoms with van der Waals surface area (Å²) in [6, 6.07) is 0. The minimum absolute atomic E-state index is 0. The molecule has 1 rings (SSSR count). The van der Waals surface area contributed by atoms with Crippen molar-refractivity contribution in [2.45, 2.75) is 51.9 Å². The molecule has 0 aromatic rings. The molecule has 0 bridgehead atoms. The van der Waals surface area contributed by atoms with Crippen molar-refractivity contribution in [2.24, 2.45) is 10.4 Å². The van der Waals surface area contributed by atoms with Crippen molar-refractivity contribution >= 4 is 29.9 Å². The van der Waals surface area contributed by atoms with Crippen molar-refractivity contribution in [1.82, 2.24) is 10.2 Å². The SMILES string of the molecule is C=CCCCN(C)C(=NCC1(CCOC)CCCC1)NCC.I. The van der Waals surface area contributed by atoms with Crippen LogP contribution >= 0.6 is 24.0 Å². The first kappa shape index (κ1) is 22.7. The molecule has 0 aromatic carbocycles. The number of nitrogens with zero attached hydrogens (tertiary/aromatic N) is 2. The lowest BCUT2D eigenvalue weighted by atomic mass is 9.83. The lowest BCUT2D eigenvalue weighted by Crippen LogP contribution is -2.40. The van der Waals surface area contributed by atoms with Gasteiger partial charge in [-0.3, -0.25) is 4.99 Å². The molecule has 0 saturated heterocycles. The topological polar surface area (TPSA) is 36.9 Å². The first-order valence-electron chi connectivity index (χ1n) is 8.77. The molecule has 1 fully saturated rings. The second-order valence-electron chi connectivity index (χ2n) is 6.47. The number of aliphatic imine (C=N–C) groups is 1. The maximum absolute atomic E-state index is 5.31. The predicted molar refractivity (Wildman–Crippen MR) is 111 cm³/mol. The van der Waals surface area contributed by atoms with Crippen molar-refractivity contribution in [3.05, 3.63) is 12.7 Å². The fourth-order valence-electron chi connectivity index (χ4n) is 3.22. The van der Waals surface area contributed by atoms with Crippen LogP contribution in [0.4, 0.5) is 0 Å². The summed E-state index contributed by atoms with van der Waals surface area (Å²) in [5.41, 5.74) is 0.360. The summed E-state index contributed by atoms with van der Waals surface area (Å²) < 4.78 is 5.31. The highest BCUT2D eigenvalue weighted by molar-refractivity contribution is 14.0. The van der Waals surface area contributed by atoms with Gasteiger partial charge in [-0.15, -0.1) is 30.6 Å². The number of unbranched alkanes of at least 4 members (excludes halogenated alkanes) is 1. The Morgan fingerprint density at radius 1 is 1.39 bits per heavy atom. The molecule has 1 aliphatic carbocycles. The number of guanidine groups is 1. The molecule has 0 aliphatic heterocycles. The van der Waals surface area contributed by atoms with Gasteiger partial charge in [0.2, 0.25) is 0 Å². The molecule has 0 radical (unpaired) electrons. The molecule has 4 nitrogen and oxygen atoms in total. The Hall–Kier alpha value is -0.300. The third-order valence-corrected chi connectivity index (χ3v) is 4.66. The zero-order valence-corrected chi connectivity index (χ0v) is 17.6. The third-order valence-electron chi connectivity index (χ3n) is 4.66. The molecular weight excluding hydrogens is 401 g/mol. The summed E-state index contributed by atoms with van der Waals surface area (Å²) in [5, 5.41) is 3.43. The molecule has 0 atom stereocenters. The normalized spacial score (nSPS) is 16.7.